The largest absolute Gasteiger partial charge is 0.0653 e. The molecule has 1 unspecified atom stereocenters. The van der Waals surface area contributed by atoms with E-state index in [9.17, 15) is 0 Å². The van der Waals surface area contributed by atoms with Crippen LogP contribution < -0.4 is 0 Å². The summed E-state index contributed by atoms with van der Waals surface area (Å²) in [6, 6.07) is 37.3. The first-order valence-corrected chi connectivity index (χ1v) is 13.0. The molecular formula is C37H24. The normalized spacial score (nSPS) is 20.2. The summed E-state index contributed by atoms with van der Waals surface area (Å²) < 4.78 is 0. The second-order valence-corrected chi connectivity index (χ2v) is 10.1. The summed E-state index contributed by atoms with van der Waals surface area (Å²) in [7, 11) is 0. The van der Waals surface area contributed by atoms with Gasteiger partial charge in [-0.05, 0) is 79.0 Å². The van der Waals surface area contributed by atoms with Crippen molar-refractivity contribution in [3.8, 4) is 11.1 Å². The Morgan fingerprint density at radius 2 is 0.946 bits per heavy atom. The maximum atomic E-state index is 2.44. The Bertz CT molecular complexity index is 1780. The monoisotopic (exact) mass is 468 g/mol. The van der Waals surface area contributed by atoms with Gasteiger partial charge >= 0.3 is 0 Å². The standard InChI is InChI=1S/C37H24/c1-2-11-25(12-3-1)28-15-8-9-18-31(28)34-21-20-33-30-17-7-5-14-27(30)24-36(33)37(34)22-10-19-32-29-16-6-4-13-26(29)23-35(32)37/h1-24H. The van der Waals surface area contributed by atoms with Crippen LogP contribution in [0.2, 0.25) is 0 Å². The fourth-order valence-corrected chi connectivity index (χ4v) is 6.69. The van der Waals surface area contributed by atoms with Crippen molar-refractivity contribution in [3.05, 3.63) is 172 Å². The van der Waals surface area contributed by atoms with Crippen LogP contribution in [-0.2, 0) is 0 Å². The molecule has 0 fully saturated rings. The second kappa shape index (κ2) is 7.66. The molecule has 0 aromatic heterocycles. The van der Waals surface area contributed by atoms with Gasteiger partial charge in [-0.15, -0.1) is 0 Å². The molecule has 0 amide bonds. The minimum Gasteiger partial charge on any atom is -0.0651 e. The molecule has 4 aliphatic carbocycles. The third-order valence-electron chi connectivity index (χ3n) is 8.28. The van der Waals surface area contributed by atoms with Crippen molar-refractivity contribution in [1.82, 2.24) is 0 Å². The summed E-state index contributed by atoms with van der Waals surface area (Å²) in [6.07, 6.45) is 16.6. The van der Waals surface area contributed by atoms with Gasteiger partial charge in [-0.1, -0.05) is 134 Å². The molecule has 0 heteroatoms. The van der Waals surface area contributed by atoms with Crippen LogP contribution in [0.1, 0.15) is 27.8 Å². The Labute approximate surface area is 217 Å². The molecule has 0 nitrogen and oxygen atoms in total. The van der Waals surface area contributed by atoms with Gasteiger partial charge < -0.3 is 0 Å². The zero-order valence-corrected chi connectivity index (χ0v) is 20.4. The fraction of sp³-hybridized carbons (Fsp3) is 0.0270. The number of rotatable bonds is 2. The Morgan fingerprint density at radius 3 is 1.62 bits per heavy atom. The van der Waals surface area contributed by atoms with Crippen LogP contribution in [0, 0.1) is 5.41 Å². The van der Waals surface area contributed by atoms with E-state index in [-0.39, 0.29) is 5.41 Å². The molecule has 0 aliphatic heterocycles. The van der Waals surface area contributed by atoms with E-state index >= 15 is 0 Å². The summed E-state index contributed by atoms with van der Waals surface area (Å²) in [6.45, 7) is 0. The van der Waals surface area contributed by atoms with Crippen LogP contribution in [0.15, 0.2) is 145 Å². The number of benzene rings is 4. The highest BCUT2D eigenvalue weighted by molar-refractivity contribution is 6.11. The van der Waals surface area contributed by atoms with Crippen LogP contribution in [0.3, 0.4) is 0 Å². The smallest absolute Gasteiger partial charge is 0.0651 e. The van der Waals surface area contributed by atoms with E-state index in [4.69, 9.17) is 0 Å². The van der Waals surface area contributed by atoms with Gasteiger partial charge in [0.2, 0.25) is 0 Å². The predicted octanol–water partition coefficient (Wildman–Crippen LogP) is 9.27. The van der Waals surface area contributed by atoms with E-state index in [1.54, 1.807) is 0 Å². The molecule has 4 aromatic carbocycles. The van der Waals surface area contributed by atoms with Crippen molar-refractivity contribution in [2.75, 3.05) is 0 Å². The molecule has 0 N–H and O–H groups in total. The molecule has 4 aromatic rings. The summed E-state index contributed by atoms with van der Waals surface area (Å²) >= 11 is 0. The highest BCUT2D eigenvalue weighted by Gasteiger charge is 2.48. The van der Waals surface area contributed by atoms with Crippen molar-refractivity contribution < 1.29 is 0 Å². The van der Waals surface area contributed by atoms with E-state index in [0.717, 1.165) is 0 Å². The van der Waals surface area contributed by atoms with Crippen molar-refractivity contribution >= 4 is 28.9 Å². The summed E-state index contributed by atoms with van der Waals surface area (Å²) in [5.74, 6) is 0. The lowest BCUT2D eigenvalue weighted by atomic mass is 9.59. The van der Waals surface area contributed by atoms with Gasteiger partial charge in [0.1, 0.15) is 0 Å². The third-order valence-corrected chi connectivity index (χ3v) is 8.28. The molecule has 0 saturated heterocycles. The molecular weight excluding hydrogens is 444 g/mol. The van der Waals surface area contributed by atoms with Gasteiger partial charge in [-0.2, -0.15) is 0 Å². The highest BCUT2D eigenvalue weighted by atomic mass is 14.5. The Hall–Kier alpha value is -4.68. The first-order chi connectivity index (χ1) is 18.3. The number of fused-ring (bicyclic) bond motifs is 8. The van der Waals surface area contributed by atoms with Gasteiger partial charge in [0, 0.05) is 0 Å². The van der Waals surface area contributed by atoms with E-state index in [2.05, 4.69) is 146 Å². The van der Waals surface area contributed by atoms with Crippen molar-refractivity contribution in [1.29, 1.82) is 0 Å². The van der Waals surface area contributed by atoms with Gasteiger partial charge in [0.05, 0.1) is 5.41 Å². The number of allylic oxidation sites excluding steroid dienone is 10. The van der Waals surface area contributed by atoms with Crippen molar-refractivity contribution in [3.63, 3.8) is 0 Å². The number of hydrogen-bond acceptors (Lipinski definition) is 0. The lowest BCUT2D eigenvalue weighted by molar-refractivity contribution is 0.779. The van der Waals surface area contributed by atoms with Gasteiger partial charge in [0.25, 0.3) is 0 Å². The molecule has 0 heterocycles. The fourth-order valence-electron chi connectivity index (χ4n) is 6.69. The first kappa shape index (κ1) is 20.5. The van der Waals surface area contributed by atoms with Gasteiger partial charge in [-0.3, -0.25) is 0 Å². The zero-order valence-electron chi connectivity index (χ0n) is 20.4. The predicted molar refractivity (Wildman–Crippen MR) is 156 cm³/mol. The number of hydrogen-bond donors (Lipinski definition) is 0. The van der Waals surface area contributed by atoms with E-state index in [0.29, 0.717) is 0 Å². The van der Waals surface area contributed by atoms with Gasteiger partial charge in [0.15, 0.2) is 0 Å². The maximum Gasteiger partial charge on any atom is 0.0653 e. The average Bonchev–Trinajstić information content (AvgIpc) is 3.54. The summed E-state index contributed by atoms with van der Waals surface area (Å²) in [5, 5.41) is 0. The van der Waals surface area contributed by atoms with Crippen LogP contribution in [-0.4, -0.2) is 0 Å². The molecule has 0 bridgehead atoms. The summed E-state index contributed by atoms with van der Waals surface area (Å²) in [4.78, 5) is 0. The Kier molecular flexibility index (Phi) is 4.24. The minimum absolute atomic E-state index is 0.378. The van der Waals surface area contributed by atoms with E-state index < -0.39 is 0 Å². The molecule has 37 heavy (non-hydrogen) atoms. The Balaban J connectivity index is 1.43. The Morgan fingerprint density at radius 1 is 0.405 bits per heavy atom. The molecule has 8 rings (SSSR count). The van der Waals surface area contributed by atoms with Crippen molar-refractivity contribution in [2.24, 2.45) is 5.41 Å². The topological polar surface area (TPSA) is 0 Å². The SMILES string of the molecule is C1=CC2(C3=Cc4ccccc4C3=C1)C1=Cc3ccccc3C1=CC=C2c1ccccc1-c1ccccc1. The molecule has 0 radical (unpaired) electrons. The molecule has 172 valence electrons. The second-order valence-electron chi connectivity index (χ2n) is 10.1. The van der Waals surface area contributed by atoms with E-state index in [1.165, 1.54) is 66.8 Å². The highest BCUT2D eigenvalue weighted by Crippen LogP contribution is 2.64. The molecule has 0 saturated carbocycles. The van der Waals surface area contributed by atoms with Crippen LogP contribution >= 0.6 is 0 Å². The maximum absolute atomic E-state index is 2.44. The zero-order chi connectivity index (χ0) is 24.4. The minimum atomic E-state index is -0.378. The van der Waals surface area contributed by atoms with Crippen LogP contribution in [0.25, 0.3) is 40.0 Å². The van der Waals surface area contributed by atoms with Crippen LogP contribution in [0.5, 0.6) is 0 Å². The quantitative estimate of drug-likeness (QED) is 0.275. The molecule has 4 aliphatic rings. The average molecular weight is 469 g/mol. The van der Waals surface area contributed by atoms with Crippen LogP contribution in [0.4, 0.5) is 0 Å². The molecule has 1 atom stereocenters. The summed E-state index contributed by atoms with van der Waals surface area (Å²) in [5.41, 5.74) is 15.4. The van der Waals surface area contributed by atoms with Gasteiger partial charge in [-0.25, -0.2) is 0 Å². The van der Waals surface area contributed by atoms with Crippen molar-refractivity contribution in [2.45, 2.75) is 0 Å². The first-order valence-electron chi connectivity index (χ1n) is 13.0. The molecule has 1 spiro atoms. The lowest BCUT2D eigenvalue weighted by Gasteiger charge is -2.42. The van der Waals surface area contributed by atoms with E-state index in [1.807, 2.05) is 0 Å². The third kappa shape index (κ3) is 2.79. The lowest BCUT2D eigenvalue weighted by Crippen LogP contribution is -2.29.